The summed E-state index contributed by atoms with van der Waals surface area (Å²) in [6, 6.07) is 7.54. The Morgan fingerprint density at radius 2 is 2.03 bits per heavy atom. The molecule has 3 heterocycles. The number of benzene rings is 1. The molecule has 31 heavy (non-hydrogen) atoms. The Kier molecular flexibility index (Phi) is 8.91. The first-order chi connectivity index (χ1) is 14.2. The van der Waals surface area contributed by atoms with Crippen molar-refractivity contribution in [3.05, 3.63) is 54.6 Å². The summed E-state index contributed by atoms with van der Waals surface area (Å²) in [6.45, 7) is 2.16. The van der Waals surface area contributed by atoms with Crippen molar-refractivity contribution in [3.63, 3.8) is 0 Å². The molecule has 10 heteroatoms. The summed E-state index contributed by atoms with van der Waals surface area (Å²) in [4.78, 5) is 23.6. The predicted octanol–water partition coefficient (Wildman–Crippen LogP) is 3.03. The first-order valence-electron chi connectivity index (χ1n) is 9.72. The van der Waals surface area contributed by atoms with Gasteiger partial charge in [-0.25, -0.2) is 9.97 Å². The van der Waals surface area contributed by atoms with Gasteiger partial charge in [0.2, 0.25) is 5.91 Å². The first-order valence-corrected chi connectivity index (χ1v) is 9.72. The highest BCUT2D eigenvalue weighted by molar-refractivity contribution is 5.85. The van der Waals surface area contributed by atoms with E-state index in [1.807, 2.05) is 47.0 Å². The molecule has 1 amide bonds. The molecule has 8 nitrogen and oxygen atoms in total. The number of hydrogen-bond donors (Lipinski definition) is 1. The number of amides is 1. The standard InChI is InChI=1S/C21H25N5O3.2ClH/c1-25-11-10-23-21(25)17-13-22-9-12-26(17)20(27)8-7-19-24-14-18(29-19)15-3-5-16(28-2)6-4-15;;/h3-6,10-11,14,17,22H,7-9,12-13H2,1-2H3;2*1H. The number of carbonyl (C=O) groups is 1. The minimum atomic E-state index is -0.0596. The van der Waals surface area contributed by atoms with Gasteiger partial charge in [0.1, 0.15) is 17.6 Å². The third kappa shape index (κ3) is 5.58. The van der Waals surface area contributed by atoms with E-state index in [4.69, 9.17) is 9.15 Å². The van der Waals surface area contributed by atoms with Gasteiger partial charge in [-0.2, -0.15) is 0 Å². The van der Waals surface area contributed by atoms with Crippen molar-refractivity contribution in [2.24, 2.45) is 7.05 Å². The Hall–Kier alpha value is -2.55. The summed E-state index contributed by atoms with van der Waals surface area (Å²) in [6.07, 6.45) is 6.18. The van der Waals surface area contributed by atoms with Gasteiger partial charge in [-0.05, 0) is 24.3 Å². The predicted molar refractivity (Wildman–Crippen MR) is 122 cm³/mol. The monoisotopic (exact) mass is 467 g/mol. The number of nitrogens with zero attached hydrogens (tertiary/aromatic N) is 4. The summed E-state index contributed by atoms with van der Waals surface area (Å²) in [5.41, 5.74) is 0.924. The van der Waals surface area contributed by atoms with Gasteiger partial charge in [-0.15, -0.1) is 24.8 Å². The summed E-state index contributed by atoms with van der Waals surface area (Å²) in [5.74, 6) is 3.01. The van der Waals surface area contributed by atoms with E-state index < -0.39 is 0 Å². The van der Waals surface area contributed by atoms with Crippen molar-refractivity contribution < 1.29 is 13.9 Å². The molecule has 0 aliphatic carbocycles. The second-order valence-electron chi connectivity index (χ2n) is 7.05. The fourth-order valence-corrected chi connectivity index (χ4v) is 3.60. The topological polar surface area (TPSA) is 85.4 Å². The van der Waals surface area contributed by atoms with Gasteiger partial charge in [0.05, 0.1) is 13.3 Å². The smallest absolute Gasteiger partial charge is 0.223 e. The van der Waals surface area contributed by atoms with Crippen molar-refractivity contribution in [2.75, 3.05) is 26.7 Å². The van der Waals surface area contributed by atoms with Gasteiger partial charge in [-0.3, -0.25) is 4.79 Å². The number of ether oxygens (including phenoxy) is 1. The normalized spacial score (nSPS) is 15.7. The molecule has 3 aromatic rings. The lowest BCUT2D eigenvalue weighted by molar-refractivity contribution is -0.134. The van der Waals surface area contributed by atoms with Crippen molar-refractivity contribution in [3.8, 4) is 17.1 Å². The first kappa shape index (κ1) is 24.7. The minimum absolute atomic E-state index is 0. The molecule has 1 unspecified atom stereocenters. The van der Waals surface area contributed by atoms with E-state index in [-0.39, 0.29) is 36.8 Å². The lowest BCUT2D eigenvalue weighted by atomic mass is 10.1. The number of methoxy groups -OCH3 is 1. The maximum atomic E-state index is 12.9. The van der Waals surface area contributed by atoms with Crippen LogP contribution in [0.15, 0.2) is 47.3 Å². The zero-order valence-electron chi connectivity index (χ0n) is 17.5. The molecular formula is C21H27Cl2N5O3. The summed E-state index contributed by atoms with van der Waals surface area (Å²) < 4.78 is 13.0. The van der Waals surface area contributed by atoms with E-state index in [2.05, 4.69) is 15.3 Å². The molecule has 1 fully saturated rings. The van der Waals surface area contributed by atoms with E-state index in [0.717, 1.165) is 23.7 Å². The molecule has 4 rings (SSSR count). The van der Waals surface area contributed by atoms with Gasteiger partial charge in [0.25, 0.3) is 0 Å². The van der Waals surface area contributed by atoms with E-state index in [9.17, 15) is 4.79 Å². The molecule has 1 aromatic carbocycles. The zero-order chi connectivity index (χ0) is 20.2. The molecule has 1 aliphatic rings. The van der Waals surface area contributed by atoms with Crippen LogP contribution in [0.2, 0.25) is 0 Å². The van der Waals surface area contributed by atoms with Gasteiger partial charge < -0.3 is 23.9 Å². The lowest BCUT2D eigenvalue weighted by Crippen LogP contribution is -2.49. The van der Waals surface area contributed by atoms with Gasteiger partial charge in [0, 0.05) is 57.5 Å². The van der Waals surface area contributed by atoms with Gasteiger partial charge >= 0.3 is 0 Å². The van der Waals surface area contributed by atoms with E-state index in [1.165, 1.54) is 0 Å². The maximum absolute atomic E-state index is 12.9. The third-order valence-corrected chi connectivity index (χ3v) is 5.20. The molecule has 1 atom stereocenters. The van der Waals surface area contributed by atoms with Crippen LogP contribution in [-0.4, -0.2) is 52.1 Å². The minimum Gasteiger partial charge on any atom is -0.497 e. The molecule has 168 valence electrons. The zero-order valence-corrected chi connectivity index (χ0v) is 19.1. The fourth-order valence-electron chi connectivity index (χ4n) is 3.60. The fraction of sp³-hybridized carbons (Fsp3) is 0.381. The molecule has 1 aliphatic heterocycles. The van der Waals surface area contributed by atoms with Gasteiger partial charge in [0.15, 0.2) is 11.7 Å². The number of rotatable bonds is 6. The summed E-state index contributed by atoms with van der Waals surface area (Å²) in [7, 11) is 3.59. The van der Waals surface area contributed by atoms with Crippen LogP contribution in [0, 0.1) is 0 Å². The number of hydrogen-bond acceptors (Lipinski definition) is 6. The number of nitrogens with one attached hydrogen (secondary N) is 1. The van der Waals surface area contributed by atoms with Crippen LogP contribution in [0.25, 0.3) is 11.3 Å². The highest BCUT2D eigenvalue weighted by Crippen LogP contribution is 2.25. The number of oxazole rings is 1. The van der Waals surface area contributed by atoms with Crippen LogP contribution in [0.1, 0.15) is 24.2 Å². The largest absolute Gasteiger partial charge is 0.497 e. The van der Waals surface area contributed by atoms with Crippen molar-refractivity contribution in [1.82, 2.24) is 24.8 Å². The Balaban J connectivity index is 0.00000171. The van der Waals surface area contributed by atoms with Crippen molar-refractivity contribution in [1.29, 1.82) is 0 Å². The van der Waals surface area contributed by atoms with Crippen LogP contribution in [-0.2, 0) is 18.3 Å². The maximum Gasteiger partial charge on any atom is 0.223 e. The van der Waals surface area contributed by atoms with E-state index in [0.29, 0.717) is 37.6 Å². The number of halogens is 2. The van der Waals surface area contributed by atoms with Crippen LogP contribution in [0.4, 0.5) is 0 Å². The van der Waals surface area contributed by atoms with E-state index >= 15 is 0 Å². The van der Waals surface area contributed by atoms with Crippen LogP contribution < -0.4 is 10.1 Å². The Bertz CT molecular complexity index is 974. The lowest BCUT2D eigenvalue weighted by Gasteiger charge is -2.35. The molecule has 2 aromatic heterocycles. The van der Waals surface area contributed by atoms with Gasteiger partial charge in [-0.1, -0.05) is 0 Å². The van der Waals surface area contributed by atoms with E-state index in [1.54, 1.807) is 19.5 Å². The van der Waals surface area contributed by atoms with Crippen LogP contribution in [0.3, 0.4) is 0 Å². The van der Waals surface area contributed by atoms with Crippen molar-refractivity contribution in [2.45, 2.75) is 18.9 Å². The number of piperazine rings is 1. The molecule has 1 N–H and O–H groups in total. The number of imidazole rings is 1. The van der Waals surface area contributed by atoms with Crippen molar-refractivity contribution >= 4 is 30.7 Å². The molecule has 0 radical (unpaired) electrons. The Morgan fingerprint density at radius 3 is 2.71 bits per heavy atom. The average molecular weight is 468 g/mol. The third-order valence-electron chi connectivity index (χ3n) is 5.20. The average Bonchev–Trinajstić information content (AvgIpc) is 3.41. The van der Waals surface area contributed by atoms with Crippen LogP contribution >= 0.6 is 24.8 Å². The second kappa shape index (κ2) is 11.2. The highest BCUT2D eigenvalue weighted by atomic mass is 35.5. The SMILES string of the molecule is COc1ccc(-c2cnc(CCC(=O)N3CCNCC3c3nccn3C)o2)cc1.Cl.Cl. The molecular weight excluding hydrogens is 441 g/mol. The molecule has 0 bridgehead atoms. The summed E-state index contributed by atoms with van der Waals surface area (Å²) in [5, 5.41) is 3.35. The molecule has 1 saturated heterocycles. The Labute approximate surface area is 193 Å². The van der Waals surface area contributed by atoms with Crippen LogP contribution in [0.5, 0.6) is 5.75 Å². The summed E-state index contributed by atoms with van der Waals surface area (Å²) >= 11 is 0. The number of carbonyl (C=O) groups excluding carboxylic acids is 1. The number of aromatic nitrogens is 3. The molecule has 0 saturated carbocycles. The molecule has 0 spiro atoms. The second-order valence-corrected chi connectivity index (χ2v) is 7.05. The highest BCUT2D eigenvalue weighted by Gasteiger charge is 2.30. The Morgan fingerprint density at radius 1 is 1.26 bits per heavy atom. The quantitative estimate of drug-likeness (QED) is 0.599. The number of aryl methyl sites for hydroxylation is 2.